The second-order valence-electron chi connectivity index (χ2n) is 8.81. The Morgan fingerprint density at radius 2 is 1.97 bits per heavy atom. The van der Waals surface area contributed by atoms with Crippen molar-refractivity contribution in [2.75, 3.05) is 12.9 Å². The molecule has 0 aromatic rings. The first-order valence-electron chi connectivity index (χ1n) is 11.4. The molecule has 0 aromatic heterocycles. The molecule has 184 valence electrons. The molecule has 32 heavy (non-hydrogen) atoms. The van der Waals surface area contributed by atoms with Crippen LogP contribution in [0.1, 0.15) is 71.6 Å². The van der Waals surface area contributed by atoms with Gasteiger partial charge in [-0.2, -0.15) is 0 Å². The first kappa shape index (κ1) is 28.3. The Bertz CT molecular complexity index is 758. The molecule has 8 nitrogen and oxygen atoms in total. The molecular formula is C23H39NO7S. The Morgan fingerprint density at radius 3 is 2.62 bits per heavy atom. The highest BCUT2D eigenvalue weighted by Gasteiger charge is 2.39. The summed E-state index contributed by atoms with van der Waals surface area (Å²) < 4.78 is 28.3. The maximum Gasteiger partial charge on any atom is 0.420 e. The fraction of sp³-hybridized carbons (Fsp3) is 0.739. The molecule has 1 aliphatic carbocycles. The van der Waals surface area contributed by atoms with Crippen molar-refractivity contribution in [3.05, 3.63) is 24.3 Å². The van der Waals surface area contributed by atoms with Gasteiger partial charge in [0.15, 0.2) is 0 Å². The molecule has 1 fully saturated rings. The van der Waals surface area contributed by atoms with E-state index in [1.807, 2.05) is 12.2 Å². The SMILES string of the molecule is CCCCC[C@](C)(O)C=C[C@H]1[C@H](O)CC(=O)[C@@H]1CC=CCCCCOC(=O)NS(C)(=O)=O. The van der Waals surface area contributed by atoms with Crippen LogP contribution in [-0.2, 0) is 19.6 Å². The minimum absolute atomic E-state index is 0.0349. The molecule has 0 radical (unpaired) electrons. The van der Waals surface area contributed by atoms with Gasteiger partial charge < -0.3 is 14.9 Å². The lowest BCUT2D eigenvalue weighted by atomic mass is 9.88. The number of allylic oxidation sites excluding steroid dienone is 2. The molecule has 0 aliphatic heterocycles. The quantitative estimate of drug-likeness (QED) is 0.261. The van der Waals surface area contributed by atoms with E-state index in [9.17, 15) is 28.2 Å². The highest BCUT2D eigenvalue weighted by atomic mass is 32.2. The molecule has 1 rings (SSSR count). The molecule has 0 spiro atoms. The van der Waals surface area contributed by atoms with Gasteiger partial charge in [-0.25, -0.2) is 17.9 Å². The number of hydrogen-bond donors (Lipinski definition) is 3. The summed E-state index contributed by atoms with van der Waals surface area (Å²) in [6.07, 6.45) is 13.0. The van der Waals surface area contributed by atoms with Gasteiger partial charge in [0, 0.05) is 18.3 Å². The maximum atomic E-state index is 12.3. The summed E-state index contributed by atoms with van der Waals surface area (Å²) in [5.41, 5.74) is -0.943. The second-order valence-corrected chi connectivity index (χ2v) is 10.6. The molecule has 4 atom stereocenters. The number of sulfonamides is 1. The van der Waals surface area contributed by atoms with E-state index in [2.05, 4.69) is 6.92 Å². The number of carbonyl (C=O) groups is 2. The summed E-state index contributed by atoms with van der Waals surface area (Å²) in [6, 6.07) is 0. The number of nitrogens with one attached hydrogen (secondary N) is 1. The van der Waals surface area contributed by atoms with Crippen molar-refractivity contribution in [2.45, 2.75) is 83.3 Å². The molecule has 0 unspecified atom stereocenters. The highest BCUT2D eigenvalue weighted by molar-refractivity contribution is 7.89. The van der Waals surface area contributed by atoms with Crippen molar-refractivity contribution in [3.8, 4) is 0 Å². The van der Waals surface area contributed by atoms with E-state index in [4.69, 9.17) is 4.74 Å². The fourth-order valence-corrected chi connectivity index (χ4v) is 4.09. The molecule has 9 heteroatoms. The van der Waals surface area contributed by atoms with E-state index in [-0.39, 0.29) is 30.6 Å². The third-order valence-corrected chi connectivity index (χ3v) is 6.06. The summed E-state index contributed by atoms with van der Waals surface area (Å²) in [4.78, 5) is 23.5. The average molecular weight is 474 g/mol. The second kappa shape index (κ2) is 13.7. The van der Waals surface area contributed by atoms with Crippen molar-refractivity contribution in [1.29, 1.82) is 0 Å². The number of amides is 1. The van der Waals surface area contributed by atoms with Crippen molar-refractivity contribution < 1.29 is 33.0 Å². The lowest BCUT2D eigenvalue weighted by molar-refractivity contribution is -0.121. The number of rotatable bonds is 14. The summed E-state index contributed by atoms with van der Waals surface area (Å²) in [5.74, 6) is -0.564. The van der Waals surface area contributed by atoms with Crippen LogP contribution in [0.15, 0.2) is 24.3 Å². The summed E-state index contributed by atoms with van der Waals surface area (Å²) in [6.45, 7) is 3.98. The number of ketones is 1. The Balaban J connectivity index is 2.40. The predicted molar refractivity (Wildman–Crippen MR) is 123 cm³/mol. The summed E-state index contributed by atoms with van der Waals surface area (Å²) in [7, 11) is -3.62. The topological polar surface area (TPSA) is 130 Å². The van der Waals surface area contributed by atoms with E-state index in [0.717, 1.165) is 38.4 Å². The van der Waals surface area contributed by atoms with Crippen LogP contribution < -0.4 is 4.72 Å². The fourth-order valence-electron chi connectivity index (χ4n) is 3.73. The van der Waals surface area contributed by atoms with Gasteiger partial charge in [0.1, 0.15) is 5.78 Å². The number of unbranched alkanes of at least 4 members (excludes halogenated alkanes) is 4. The third-order valence-electron chi connectivity index (χ3n) is 5.52. The number of aliphatic hydroxyl groups excluding tert-OH is 1. The zero-order valence-corrected chi connectivity index (χ0v) is 20.3. The first-order chi connectivity index (χ1) is 14.9. The number of aliphatic hydroxyl groups is 2. The van der Waals surface area contributed by atoms with E-state index >= 15 is 0 Å². The van der Waals surface area contributed by atoms with Gasteiger partial charge in [-0.05, 0) is 39.0 Å². The van der Waals surface area contributed by atoms with Gasteiger partial charge in [0.25, 0.3) is 0 Å². The van der Waals surface area contributed by atoms with Crippen LogP contribution in [-0.4, -0.2) is 55.1 Å². The van der Waals surface area contributed by atoms with Gasteiger partial charge in [0.05, 0.1) is 24.6 Å². The summed E-state index contributed by atoms with van der Waals surface area (Å²) >= 11 is 0. The Morgan fingerprint density at radius 1 is 1.25 bits per heavy atom. The first-order valence-corrected chi connectivity index (χ1v) is 13.3. The molecule has 0 bridgehead atoms. The smallest absolute Gasteiger partial charge is 0.420 e. The van der Waals surface area contributed by atoms with Gasteiger partial charge in [-0.1, -0.05) is 50.5 Å². The van der Waals surface area contributed by atoms with Gasteiger partial charge >= 0.3 is 6.09 Å². The van der Waals surface area contributed by atoms with E-state index < -0.39 is 27.8 Å². The monoisotopic (exact) mass is 473 g/mol. The van der Waals surface area contributed by atoms with Crippen LogP contribution in [0.25, 0.3) is 0 Å². The van der Waals surface area contributed by atoms with Crippen molar-refractivity contribution in [3.63, 3.8) is 0 Å². The van der Waals surface area contributed by atoms with Crippen LogP contribution in [0, 0.1) is 11.8 Å². The standard InChI is InChI=1S/C23H39NO7S/c1-4-5-10-14-23(2,28)15-13-19-18(20(25)17-21(19)26)12-9-7-6-8-11-16-31-22(27)24-32(3,29)30/h7,9,13,15,18-19,21,26,28H,4-6,8,10-12,14,16-17H2,1-3H3,(H,24,27)/t18-,19-,21-,23+/m1/s1. The number of hydrogen-bond acceptors (Lipinski definition) is 7. The maximum absolute atomic E-state index is 12.3. The number of Topliss-reactive ketones (excluding diaryl/α,β-unsaturated/α-hetero) is 1. The lowest BCUT2D eigenvalue weighted by Gasteiger charge is -2.21. The van der Waals surface area contributed by atoms with Crippen LogP contribution >= 0.6 is 0 Å². The van der Waals surface area contributed by atoms with E-state index in [1.165, 1.54) is 0 Å². The molecule has 3 N–H and O–H groups in total. The van der Waals surface area contributed by atoms with Crippen LogP contribution in [0.5, 0.6) is 0 Å². The molecule has 0 saturated heterocycles. The zero-order valence-electron chi connectivity index (χ0n) is 19.5. The molecule has 1 saturated carbocycles. The van der Waals surface area contributed by atoms with Crippen molar-refractivity contribution >= 4 is 21.9 Å². The third kappa shape index (κ3) is 11.8. The predicted octanol–water partition coefficient (Wildman–Crippen LogP) is 3.24. The largest absolute Gasteiger partial charge is 0.449 e. The van der Waals surface area contributed by atoms with Crippen molar-refractivity contribution in [2.24, 2.45) is 11.8 Å². The van der Waals surface area contributed by atoms with Gasteiger partial charge in [-0.15, -0.1) is 0 Å². The van der Waals surface area contributed by atoms with Crippen molar-refractivity contribution in [1.82, 2.24) is 4.72 Å². The van der Waals surface area contributed by atoms with E-state index in [1.54, 1.807) is 23.8 Å². The molecule has 1 aliphatic rings. The van der Waals surface area contributed by atoms with E-state index in [0.29, 0.717) is 19.3 Å². The minimum atomic E-state index is -3.62. The Kier molecular flexibility index (Phi) is 12.2. The minimum Gasteiger partial charge on any atom is -0.449 e. The van der Waals surface area contributed by atoms with Gasteiger partial charge in [-0.3, -0.25) is 4.79 Å². The highest BCUT2D eigenvalue weighted by Crippen LogP contribution is 2.34. The number of ether oxygens (including phenoxy) is 1. The van der Waals surface area contributed by atoms with Crippen LogP contribution in [0.2, 0.25) is 0 Å². The van der Waals surface area contributed by atoms with Gasteiger partial charge in [0.2, 0.25) is 10.0 Å². The summed E-state index contributed by atoms with van der Waals surface area (Å²) in [5, 5.41) is 20.8. The lowest BCUT2D eigenvalue weighted by Crippen LogP contribution is -2.30. The number of carbonyl (C=O) groups excluding carboxylic acids is 2. The van der Waals surface area contributed by atoms with Crippen LogP contribution in [0.4, 0.5) is 4.79 Å². The Labute approximate surface area is 192 Å². The van der Waals surface area contributed by atoms with Crippen LogP contribution in [0.3, 0.4) is 0 Å². The molecular weight excluding hydrogens is 434 g/mol. The average Bonchev–Trinajstić information content (AvgIpc) is 2.93. The zero-order chi connectivity index (χ0) is 24.2. The molecule has 0 heterocycles. The molecule has 0 aromatic carbocycles. The Hall–Kier alpha value is -1.71. The molecule has 1 amide bonds. The normalized spacial score (nSPS) is 23.7.